The molecule has 3 heterocycles. The van der Waals surface area contributed by atoms with Crippen molar-refractivity contribution in [1.29, 1.82) is 0 Å². The average Bonchev–Trinajstić information content (AvgIpc) is 2.68. The van der Waals surface area contributed by atoms with Crippen LogP contribution in [0.25, 0.3) is 0 Å². The lowest BCUT2D eigenvalue weighted by Gasteiger charge is -2.33. The molecule has 2 atom stereocenters. The number of ether oxygens (including phenoxy) is 2. The number of primary amides is 1. The summed E-state index contributed by atoms with van der Waals surface area (Å²) >= 11 is 0. The molecule has 32 heavy (non-hydrogen) atoms. The molecule has 2 aromatic rings. The first-order valence-corrected chi connectivity index (χ1v) is 10.3. The zero-order valence-corrected chi connectivity index (χ0v) is 18.6. The van der Waals surface area contributed by atoms with E-state index >= 15 is 0 Å². The zero-order valence-electron chi connectivity index (χ0n) is 18.6. The number of nitrogens with zero attached hydrogens (tertiary/aromatic N) is 3. The van der Waals surface area contributed by atoms with Crippen LogP contribution in [-0.4, -0.2) is 58.1 Å². The van der Waals surface area contributed by atoms with Crippen molar-refractivity contribution < 1.29 is 19.1 Å². The Labute approximate surface area is 186 Å². The maximum absolute atomic E-state index is 12.2. The highest BCUT2D eigenvalue weighted by atomic mass is 16.6. The summed E-state index contributed by atoms with van der Waals surface area (Å²) in [7, 11) is 0. The number of nitrogens with one attached hydrogen (secondary N) is 3. The van der Waals surface area contributed by atoms with Crippen molar-refractivity contribution in [3.8, 4) is 0 Å². The number of alkyl carbamates (subject to hydrolysis) is 1. The Morgan fingerprint density at radius 3 is 2.66 bits per heavy atom. The standard InChI is InChI=1S/C21H29N7O4/c1-12-6-5-7-16(23-12)25-14-10-17(27-28-18(14)19(22)29)24-13-8-9-31-11-15(13)26-20(30)32-21(2,3)4/h5-7,10,13,15H,8-9,11H2,1-4H3,(H2,22,29)(H,26,30)(H2,23,24,25,27)/t13-,15+/m1/s1. The fourth-order valence-electron chi connectivity index (χ4n) is 3.19. The van der Waals surface area contributed by atoms with E-state index in [1.165, 1.54) is 0 Å². The van der Waals surface area contributed by atoms with Crippen LogP contribution in [0.15, 0.2) is 24.3 Å². The molecule has 3 rings (SSSR count). The highest BCUT2D eigenvalue weighted by Crippen LogP contribution is 2.22. The molecule has 0 saturated carbocycles. The summed E-state index contributed by atoms with van der Waals surface area (Å²) in [5.41, 5.74) is 6.03. The van der Waals surface area contributed by atoms with Crippen LogP contribution < -0.4 is 21.7 Å². The molecule has 0 bridgehead atoms. The molecule has 11 nitrogen and oxygen atoms in total. The van der Waals surface area contributed by atoms with Crippen molar-refractivity contribution in [3.63, 3.8) is 0 Å². The fourth-order valence-corrected chi connectivity index (χ4v) is 3.19. The highest BCUT2D eigenvalue weighted by molar-refractivity contribution is 5.97. The topological polar surface area (TPSA) is 153 Å². The maximum Gasteiger partial charge on any atom is 0.408 e. The van der Waals surface area contributed by atoms with Crippen LogP contribution in [0.5, 0.6) is 0 Å². The number of nitrogens with two attached hydrogens (primary N) is 1. The van der Waals surface area contributed by atoms with E-state index < -0.39 is 17.6 Å². The van der Waals surface area contributed by atoms with Gasteiger partial charge in [-0.15, -0.1) is 10.2 Å². The van der Waals surface area contributed by atoms with E-state index in [1.807, 2.05) is 19.1 Å². The van der Waals surface area contributed by atoms with Crippen LogP contribution in [0.1, 0.15) is 43.4 Å². The number of pyridine rings is 1. The Bertz CT molecular complexity index is 977. The van der Waals surface area contributed by atoms with Crippen LogP contribution in [0, 0.1) is 6.92 Å². The van der Waals surface area contributed by atoms with Gasteiger partial charge in [0.2, 0.25) is 0 Å². The summed E-state index contributed by atoms with van der Waals surface area (Å²) in [5.74, 6) is 0.241. The van der Waals surface area contributed by atoms with Crippen molar-refractivity contribution in [2.75, 3.05) is 23.8 Å². The number of amides is 2. The van der Waals surface area contributed by atoms with Gasteiger partial charge in [0.05, 0.1) is 24.4 Å². The summed E-state index contributed by atoms with van der Waals surface area (Å²) in [6.07, 6.45) is 0.102. The molecule has 1 aliphatic heterocycles. The smallest absolute Gasteiger partial charge is 0.408 e. The van der Waals surface area contributed by atoms with E-state index in [0.717, 1.165) is 5.69 Å². The normalized spacial score (nSPS) is 18.5. The summed E-state index contributed by atoms with van der Waals surface area (Å²) in [6, 6.07) is 6.58. The molecule has 2 aromatic heterocycles. The lowest BCUT2D eigenvalue weighted by molar-refractivity contribution is 0.0317. The molecular formula is C21H29N7O4. The minimum Gasteiger partial charge on any atom is -0.444 e. The van der Waals surface area contributed by atoms with Gasteiger partial charge in [-0.25, -0.2) is 9.78 Å². The van der Waals surface area contributed by atoms with Gasteiger partial charge in [0, 0.05) is 18.4 Å². The Balaban J connectivity index is 1.77. The van der Waals surface area contributed by atoms with Crippen LogP contribution in [0.3, 0.4) is 0 Å². The lowest BCUT2D eigenvalue weighted by atomic mass is 10.0. The second kappa shape index (κ2) is 9.77. The number of rotatable bonds is 6. The molecular weight excluding hydrogens is 414 g/mol. The molecule has 172 valence electrons. The van der Waals surface area contributed by atoms with Crippen molar-refractivity contribution in [3.05, 3.63) is 35.7 Å². The van der Waals surface area contributed by atoms with E-state index in [4.69, 9.17) is 15.2 Å². The van der Waals surface area contributed by atoms with Crippen LogP contribution in [0.2, 0.25) is 0 Å². The van der Waals surface area contributed by atoms with Gasteiger partial charge in [0.25, 0.3) is 5.91 Å². The second-order valence-corrected chi connectivity index (χ2v) is 8.51. The van der Waals surface area contributed by atoms with Crippen LogP contribution >= 0.6 is 0 Å². The molecule has 0 radical (unpaired) electrons. The quantitative estimate of drug-likeness (QED) is 0.525. The van der Waals surface area contributed by atoms with Gasteiger partial charge in [-0.1, -0.05) is 6.07 Å². The van der Waals surface area contributed by atoms with Crippen molar-refractivity contribution in [1.82, 2.24) is 20.5 Å². The minimum absolute atomic E-state index is 0.00531. The summed E-state index contributed by atoms with van der Waals surface area (Å²) < 4.78 is 10.9. The monoisotopic (exact) mass is 443 g/mol. The molecule has 0 spiro atoms. The highest BCUT2D eigenvalue weighted by Gasteiger charge is 2.29. The van der Waals surface area contributed by atoms with E-state index in [1.54, 1.807) is 32.9 Å². The van der Waals surface area contributed by atoms with Crippen LogP contribution in [0.4, 0.5) is 22.1 Å². The van der Waals surface area contributed by atoms with E-state index in [9.17, 15) is 9.59 Å². The molecule has 1 saturated heterocycles. The third kappa shape index (κ3) is 6.51. The summed E-state index contributed by atoms with van der Waals surface area (Å²) in [5, 5.41) is 17.2. The molecule has 0 aliphatic carbocycles. The fraction of sp³-hybridized carbons (Fsp3) is 0.476. The average molecular weight is 444 g/mol. The maximum atomic E-state index is 12.2. The first kappa shape index (κ1) is 23.2. The molecule has 11 heteroatoms. The van der Waals surface area contributed by atoms with Gasteiger partial charge in [-0.2, -0.15) is 0 Å². The van der Waals surface area contributed by atoms with Gasteiger partial charge in [-0.3, -0.25) is 4.79 Å². The number of carbonyl (C=O) groups excluding carboxylic acids is 2. The van der Waals surface area contributed by atoms with Crippen molar-refractivity contribution >= 4 is 29.3 Å². The third-order valence-electron chi connectivity index (χ3n) is 4.57. The first-order chi connectivity index (χ1) is 15.1. The van der Waals surface area contributed by atoms with Crippen LogP contribution in [-0.2, 0) is 9.47 Å². The largest absolute Gasteiger partial charge is 0.444 e. The lowest BCUT2D eigenvalue weighted by Crippen LogP contribution is -2.53. The Morgan fingerprint density at radius 1 is 1.19 bits per heavy atom. The molecule has 0 unspecified atom stereocenters. The number of anilines is 3. The van der Waals surface area contributed by atoms with E-state index in [2.05, 4.69) is 31.1 Å². The molecule has 5 N–H and O–H groups in total. The molecule has 0 aromatic carbocycles. The van der Waals surface area contributed by atoms with Crippen molar-refractivity contribution in [2.24, 2.45) is 5.73 Å². The molecule has 1 aliphatic rings. The number of hydrogen-bond acceptors (Lipinski definition) is 9. The number of aryl methyl sites for hydroxylation is 1. The first-order valence-electron chi connectivity index (χ1n) is 10.3. The molecule has 2 amide bonds. The van der Waals surface area contributed by atoms with Gasteiger partial charge in [0.1, 0.15) is 11.4 Å². The van der Waals surface area contributed by atoms with Gasteiger partial charge < -0.3 is 31.2 Å². The third-order valence-corrected chi connectivity index (χ3v) is 4.57. The van der Waals surface area contributed by atoms with Gasteiger partial charge in [-0.05, 0) is 46.2 Å². The predicted molar refractivity (Wildman–Crippen MR) is 119 cm³/mol. The number of carbonyl (C=O) groups is 2. The Kier molecular flexibility index (Phi) is 7.08. The SMILES string of the molecule is Cc1cccc(Nc2cc(N[C@@H]3CCOC[C@@H]3NC(=O)OC(C)(C)C)nnc2C(N)=O)n1. The number of hydrogen-bond donors (Lipinski definition) is 4. The van der Waals surface area contributed by atoms with Crippen molar-refractivity contribution in [2.45, 2.75) is 51.8 Å². The zero-order chi connectivity index (χ0) is 23.3. The predicted octanol–water partition coefficient (Wildman–Crippen LogP) is 2.12. The minimum atomic E-state index is -0.713. The summed E-state index contributed by atoms with van der Waals surface area (Å²) in [6.45, 7) is 8.10. The molecule has 1 fully saturated rings. The Morgan fingerprint density at radius 2 is 1.97 bits per heavy atom. The van der Waals surface area contributed by atoms with Gasteiger partial charge in [0.15, 0.2) is 11.5 Å². The second-order valence-electron chi connectivity index (χ2n) is 8.51. The van der Waals surface area contributed by atoms with E-state index in [-0.39, 0.29) is 17.8 Å². The van der Waals surface area contributed by atoms with Gasteiger partial charge >= 0.3 is 6.09 Å². The number of aromatic nitrogens is 3. The Hall–Kier alpha value is -3.47. The summed E-state index contributed by atoms with van der Waals surface area (Å²) in [4.78, 5) is 28.4. The van der Waals surface area contributed by atoms with E-state index in [0.29, 0.717) is 37.0 Å².